The molecule has 10 heteroatoms. The Hall–Kier alpha value is -3.07. The number of benzene rings is 3. The van der Waals surface area contributed by atoms with Gasteiger partial charge in [0.1, 0.15) is 6.54 Å². The molecule has 0 atom stereocenters. The molecule has 1 saturated heterocycles. The van der Waals surface area contributed by atoms with Gasteiger partial charge in [-0.05, 0) is 67.4 Å². The SMILES string of the molecule is Cc1cc(NC(=O)CN(c2ccc(Cl)cc2Cl)S(=O)(=O)c2ccccc2)ccc1N1CCCC1=O. The first-order valence-corrected chi connectivity index (χ1v) is 13.1. The first kappa shape index (κ1) is 25.0. The molecule has 1 N–H and O–H groups in total. The Morgan fingerprint density at radius 2 is 1.80 bits per heavy atom. The maximum absolute atomic E-state index is 13.5. The number of hydrogen-bond donors (Lipinski definition) is 1. The van der Waals surface area contributed by atoms with E-state index in [2.05, 4.69) is 5.32 Å². The molecule has 0 saturated carbocycles. The number of nitrogens with zero attached hydrogens (tertiary/aromatic N) is 2. The van der Waals surface area contributed by atoms with Crippen LogP contribution in [0.15, 0.2) is 71.6 Å². The van der Waals surface area contributed by atoms with Crippen molar-refractivity contribution in [3.8, 4) is 0 Å². The van der Waals surface area contributed by atoms with E-state index in [9.17, 15) is 18.0 Å². The minimum atomic E-state index is -4.11. The fourth-order valence-corrected chi connectivity index (χ4v) is 5.99. The Balaban J connectivity index is 1.60. The first-order chi connectivity index (χ1) is 16.7. The summed E-state index contributed by atoms with van der Waals surface area (Å²) in [5.41, 5.74) is 2.25. The van der Waals surface area contributed by atoms with Crippen molar-refractivity contribution in [2.24, 2.45) is 0 Å². The van der Waals surface area contributed by atoms with Gasteiger partial charge in [0.15, 0.2) is 0 Å². The Morgan fingerprint density at radius 1 is 1.06 bits per heavy atom. The van der Waals surface area contributed by atoms with Crippen molar-refractivity contribution in [1.29, 1.82) is 0 Å². The van der Waals surface area contributed by atoms with E-state index in [0.717, 1.165) is 22.0 Å². The maximum atomic E-state index is 13.5. The lowest BCUT2D eigenvalue weighted by Crippen LogP contribution is -2.38. The summed E-state index contributed by atoms with van der Waals surface area (Å²) in [5.74, 6) is -0.480. The molecule has 0 bridgehead atoms. The molecule has 182 valence electrons. The van der Waals surface area contributed by atoms with Crippen LogP contribution in [-0.4, -0.2) is 33.3 Å². The summed E-state index contributed by atoms with van der Waals surface area (Å²) in [6.07, 6.45) is 1.34. The Labute approximate surface area is 214 Å². The lowest BCUT2D eigenvalue weighted by molar-refractivity contribution is -0.117. The fraction of sp³-hybridized carbons (Fsp3) is 0.200. The zero-order chi connectivity index (χ0) is 25.2. The summed E-state index contributed by atoms with van der Waals surface area (Å²) < 4.78 is 27.9. The molecule has 4 rings (SSSR count). The molecule has 0 unspecified atom stereocenters. The molecule has 7 nitrogen and oxygen atoms in total. The van der Waals surface area contributed by atoms with Crippen molar-refractivity contribution in [3.63, 3.8) is 0 Å². The third kappa shape index (κ3) is 5.45. The number of rotatable bonds is 7. The van der Waals surface area contributed by atoms with E-state index in [-0.39, 0.29) is 21.5 Å². The van der Waals surface area contributed by atoms with Crippen LogP contribution in [-0.2, 0) is 19.6 Å². The number of sulfonamides is 1. The molecule has 1 aliphatic heterocycles. The zero-order valence-corrected chi connectivity index (χ0v) is 21.2. The van der Waals surface area contributed by atoms with E-state index in [4.69, 9.17) is 23.2 Å². The quantitative estimate of drug-likeness (QED) is 0.450. The number of amides is 2. The van der Waals surface area contributed by atoms with Gasteiger partial charge in [0.2, 0.25) is 11.8 Å². The van der Waals surface area contributed by atoms with Crippen molar-refractivity contribution in [3.05, 3.63) is 82.3 Å². The summed E-state index contributed by atoms with van der Waals surface area (Å²) in [5, 5.41) is 3.19. The molecular formula is C25H23Cl2N3O4S. The van der Waals surface area contributed by atoms with Crippen LogP contribution in [0.5, 0.6) is 0 Å². The lowest BCUT2D eigenvalue weighted by atomic mass is 10.1. The number of anilines is 3. The summed E-state index contributed by atoms with van der Waals surface area (Å²) in [7, 11) is -4.11. The molecular weight excluding hydrogens is 509 g/mol. The third-order valence-electron chi connectivity index (χ3n) is 5.64. The van der Waals surface area contributed by atoms with Gasteiger partial charge in [-0.3, -0.25) is 13.9 Å². The summed E-state index contributed by atoms with van der Waals surface area (Å²) >= 11 is 12.3. The van der Waals surface area contributed by atoms with Gasteiger partial charge < -0.3 is 10.2 Å². The molecule has 1 aliphatic rings. The van der Waals surface area contributed by atoms with Crippen LogP contribution in [0, 0.1) is 6.92 Å². The highest BCUT2D eigenvalue weighted by molar-refractivity contribution is 7.92. The van der Waals surface area contributed by atoms with Gasteiger partial charge in [0.25, 0.3) is 10.0 Å². The predicted octanol–water partition coefficient (Wildman–Crippen LogP) is 5.26. The summed E-state index contributed by atoms with van der Waals surface area (Å²) in [4.78, 5) is 26.8. The maximum Gasteiger partial charge on any atom is 0.264 e. The van der Waals surface area contributed by atoms with Gasteiger partial charge in [-0.2, -0.15) is 0 Å². The predicted molar refractivity (Wildman–Crippen MR) is 139 cm³/mol. The Morgan fingerprint density at radius 3 is 2.43 bits per heavy atom. The van der Waals surface area contributed by atoms with Crippen molar-refractivity contribution in [2.45, 2.75) is 24.7 Å². The molecule has 1 fully saturated rings. The van der Waals surface area contributed by atoms with E-state index >= 15 is 0 Å². The Kier molecular flexibility index (Phi) is 7.35. The van der Waals surface area contributed by atoms with E-state index in [1.54, 1.807) is 41.3 Å². The summed E-state index contributed by atoms with van der Waals surface area (Å²) in [6.45, 7) is 2.01. The molecule has 2 amide bonds. The highest BCUT2D eigenvalue weighted by Crippen LogP contribution is 2.33. The normalized spacial score (nSPS) is 13.7. The van der Waals surface area contributed by atoms with Crippen LogP contribution in [0.2, 0.25) is 10.0 Å². The van der Waals surface area contributed by atoms with Crippen molar-refractivity contribution in [1.82, 2.24) is 0 Å². The first-order valence-electron chi connectivity index (χ1n) is 10.9. The molecule has 35 heavy (non-hydrogen) atoms. The smallest absolute Gasteiger partial charge is 0.264 e. The topological polar surface area (TPSA) is 86.8 Å². The van der Waals surface area contributed by atoms with Crippen molar-refractivity contribution in [2.75, 3.05) is 27.6 Å². The molecule has 0 aliphatic carbocycles. The van der Waals surface area contributed by atoms with E-state index in [1.165, 1.54) is 30.3 Å². The second kappa shape index (κ2) is 10.3. The van der Waals surface area contributed by atoms with Crippen LogP contribution in [0.3, 0.4) is 0 Å². The fourth-order valence-electron chi connectivity index (χ4n) is 3.97. The van der Waals surface area contributed by atoms with Gasteiger partial charge >= 0.3 is 0 Å². The van der Waals surface area contributed by atoms with Gasteiger partial charge in [-0.1, -0.05) is 41.4 Å². The summed E-state index contributed by atoms with van der Waals surface area (Å²) in [6, 6.07) is 17.4. The minimum Gasteiger partial charge on any atom is -0.325 e. The third-order valence-corrected chi connectivity index (χ3v) is 7.95. The lowest BCUT2D eigenvalue weighted by Gasteiger charge is -2.25. The minimum absolute atomic E-state index is 0.0225. The van der Waals surface area contributed by atoms with E-state index < -0.39 is 22.5 Å². The van der Waals surface area contributed by atoms with Crippen LogP contribution in [0.25, 0.3) is 0 Å². The highest BCUT2D eigenvalue weighted by atomic mass is 35.5. The van der Waals surface area contributed by atoms with Crippen molar-refractivity contribution < 1.29 is 18.0 Å². The van der Waals surface area contributed by atoms with Crippen LogP contribution < -0.4 is 14.5 Å². The average Bonchev–Trinajstić information content (AvgIpc) is 3.24. The van der Waals surface area contributed by atoms with Crippen LogP contribution in [0.4, 0.5) is 17.1 Å². The number of carbonyl (C=O) groups is 2. The second-order valence-corrected chi connectivity index (χ2v) is 10.8. The molecule has 3 aromatic rings. The van der Waals surface area contributed by atoms with Gasteiger partial charge in [-0.15, -0.1) is 0 Å². The van der Waals surface area contributed by atoms with Crippen LogP contribution >= 0.6 is 23.2 Å². The standard InChI is InChI=1S/C25H23Cl2N3O4S/c1-17-14-19(10-12-22(17)29-13-5-8-25(29)32)28-24(31)16-30(23-11-9-18(26)15-21(23)27)35(33,34)20-6-3-2-4-7-20/h2-4,6-7,9-12,14-15H,5,8,13,16H2,1H3,(H,28,31). The average molecular weight is 532 g/mol. The number of hydrogen-bond acceptors (Lipinski definition) is 4. The molecule has 1 heterocycles. The molecule has 3 aromatic carbocycles. The monoisotopic (exact) mass is 531 g/mol. The van der Waals surface area contributed by atoms with Gasteiger partial charge in [0, 0.05) is 29.4 Å². The number of halogens is 2. The highest BCUT2D eigenvalue weighted by Gasteiger charge is 2.29. The largest absolute Gasteiger partial charge is 0.325 e. The number of nitrogens with one attached hydrogen (secondary N) is 1. The van der Waals surface area contributed by atoms with Crippen molar-refractivity contribution >= 4 is 62.1 Å². The molecule has 0 radical (unpaired) electrons. The van der Waals surface area contributed by atoms with E-state index in [1.807, 2.05) is 6.92 Å². The Bertz CT molecular complexity index is 1380. The van der Waals surface area contributed by atoms with Gasteiger partial charge in [-0.25, -0.2) is 8.42 Å². The molecule has 0 spiro atoms. The zero-order valence-electron chi connectivity index (χ0n) is 18.9. The second-order valence-electron chi connectivity index (χ2n) is 8.12. The number of carbonyl (C=O) groups excluding carboxylic acids is 2. The van der Waals surface area contributed by atoms with E-state index in [0.29, 0.717) is 23.7 Å². The van der Waals surface area contributed by atoms with Crippen LogP contribution in [0.1, 0.15) is 18.4 Å². The number of aryl methyl sites for hydroxylation is 1. The van der Waals surface area contributed by atoms with Gasteiger partial charge in [0.05, 0.1) is 15.6 Å². The molecule has 0 aromatic heterocycles.